The summed E-state index contributed by atoms with van der Waals surface area (Å²) in [5, 5.41) is 40.0. The Kier molecular flexibility index (Phi) is 8.40. The molecule has 8 heteroatoms. The lowest BCUT2D eigenvalue weighted by atomic mass is 9.78. The zero-order chi connectivity index (χ0) is 27.5. The van der Waals surface area contributed by atoms with Gasteiger partial charge >= 0.3 is 0 Å². The lowest BCUT2D eigenvalue weighted by molar-refractivity contribution is -0.228. The summed E-state index contributed by atoms with van der Waals surface area (Å²) in [6.45, 7) is -0.471. The molecule has 2 aliphatic heterocycles. The van der Waals surface area contributed by atoms with Crippen LogP contribution in [0.3, 0.4) is 0 Å². The minimum Gasteiger partial charge on any atom is -0.394 e. The molecule has 1 amide bonds. The van der Waals surface area contributed by atoms with Crippen molar-refractivity contribution in [1.82, 2.24) is 0 Å². The van der Waals surface area contributed by atoms with E-state index in [0.717, 1.165) is 30.4 Å². The fourth-order valence-corrected chi connectivity index (χ4v) is 5.70. The highest BCUT2D eigenvalue weighted by atomic mass is 19.1. The van der Waals surface area contributed by atoms with Crippen LogP contribution in [0.1, 0.15) is 35.6 Å². The van der Waals surface area contributed by atoms with Crippen LogP contribution >= 0.6 is 0 Å². The molecule has 3 aromatic carbocycles. The molecule has 0 aliphatic carbocycles. The molecule has 4 N–H and O–H groups in total. The second-order valence-electron chi connectivity index (χ2n) is 10.4. The number of hydrogen-bond donors (Lipinski definition) is 4. The molecule has 0 unspecified atom stereocenters. The van der Waals surface area contributed by atoms with Crippen molar-refractivity contribution in [3.63, 3.8) is 0 Å². The molecule has 5 rings (SSSR count). The number of nitrogens with zero attached hydrogens (tertiary/aromatic N) is 1. The Balaban J connectivity index is 1.32. The number of carbonyl (C=O) groups is 1. The Morgan fingerprint density at radius 1 is 0.795 bits per heavy atom. The first-order valence-corrected chi connectivity index (χ1v) is 13.4. The molecular formula is C31H34FNO6. The monoisotopic (exact) mass is 535 g/mol. The van der Waals surface area contributed by atoms with Crippen molar-refractivity contribution in [3.05, 3.63) is 101 Å². The van der Waals surface area contributed by atoms with Crippen LogP contribution in [0.2, 0.25) is 0 Å². The van der Waals surface area contributed by atoms with Gasteiger partial charge in [0.25, 0.3) is 0 Å². The number of aliphatic hydroxyl groups excluding tert-OH is 4. The minimum absolute atomic E-state index is 0.0186. The molecule has 2 heterocycles. The highest BCUT2D eigenvalue weighted by Crippen LogP contribution is 2.45. The topological polar surface area (TPSA) is 110 Å². The summed E-state index contributed by atoms with van der Waals surface area (Å²) in [6, 6.07) is 23.6. The number of rotatable bonds is 9. The van der Waals surface area contributed by atoms with Gasteiger partial charge in [0, 0.05) is 12.1 Å². The Morgan fingerprint density at radius 2 is 1.46 bits per heavy atom. The van der Waals surface area contributed by atoms with Crippen molar-refractivity contribution in [1.29, 1.82) is 0 Å². The number of carbonyl (C=O) groups excluding carboxylic acids is 1. The van der Waals surface area contributed by atoms with Crippen LogP contribution < -0.4 is 4.90 Å². The minimum atomic E-state index is -1.41. The average Bonchev–Trinajstić information content (AvgIpc) is 2.96. The van der Waals surface area contributed by atoms with Crippen LogP contribution in [-0.4, -0.2) is 63.5 Å². The number of hydrogen-bond acceptors (Lipinski definition) is 6. The quantitative estimate of drug-likeness (QED) is 0.314. The number of halogens is 1. The molecule has 39 heavy (non-hydrogen) atoms. The fourth-order valence-electron chi connectivity index (χ4n) is 5.70. The van der Waals surface area contributed by atoms with Gasteiger partial charge in [0.05, 0.1) is 24.7 Å². The van der Waals surface area contributed by atoms with Crippen molar-refractivity contribution in [3.8, 4) is 0 Å². The highest BCUT2D eigenvalue weighted by molar-refractivity contribution is 6.03. The predicted octanol–water partition coefficient (Wildman–Crippen LogP) is 2.94. The normalized spacial score (nSPS) is 28.8. The first-order valence-electron chi connectivity index (χ1n) is 13.4. The van der Waals surface area contributed by atoms with Crippen molar-refractivity contribution < 1.29 is 34.3 Å². The maximum absolute atomic E-state index is 13.6. The SMILES string of the molecule is O=C1[C@@H](CCCc2ccccc2)[C@@H](c2ccc(C[C@H]3O[C@H](CO)[C@@H](O)[C@H](O)[C@H]3O)cc2)N1c1ccc(F)cc1. The Hall–Kier alpha value is -3.14. The number of ether oxygens (including phenoxy) is 1. The van der Waals surface area contributed by atoms with E-state index < -0.39 is 37.1 Å². The number of aryl methyl sites for hydroxylation is 1. The summed E-state index contributed by atoms with van der Waals surface area (Å²) in [7, 11) is 0. The molecule has 0 saturated carbocycles. The van der Waals surface area contributed by atoms with Gasteiger partial charge in [-0.05, 0) is 60.2 Å². The largest absolute Gasteiger partial charge is 0.394 e. The van der Waals surface area contributed by atoms with E-state index >= 15 is 0 Å². The molecule has 7 nitrogen and oxygen atoms in total. The Labute approximate surface area is 227 Å². The maximum atomic E-state index is 13.6. The third-order valence-corrected chi connectivity index (χ3v) is 7.89. The molecule has 2 aliphatic rings. The van der Waals surface area contributed by atoms with E-state index in [9.17, 15) is 29.6 Å². The Bertz CT molecular complexity index is 1240. The van der Waals surface area contributed by atoms with Gasteiger partial charge in [-0.2, -0.15) is 0 Å². The molecule has 2 saturated heterocycles. The summed E-state index contributed by atoms with van der Waals surface area (Å²) >= 11 is 0. The predicted molar refractivity (Wildman–Crippen MR) is 143 cm³/mol. The second-order valence-corrected chi connectivity index (χ2v) is 10.4. The van der Waals surface area contributed by atoms with Gasteiger partial charge in [-0.25, -0.2) is 4.39 Å². The van der Waals surface area contributed by atoms with E-state index in [2.05, 4.69) is 12.1 Å². The smallest absolute Gasteiger partial charge is 0.233 e. The van der Waals surface area contributed by atoms with Gasteiger partial charge < -0.3 is 30.1 Å². The van der Waals surface area contributed by atoms with Crippen LogP contribution in [0, 0.1) is 11.7 Å². The standard InChI is InChI=1S/C31H34FNO6/c32-22-13-15-23(16-14-22)33-27(24(31(33)38)8-4-7-19-5-2-1-3-6-19)21-11-9-20(10-12-21)17-25-28(35)30(37)29(36)26(18-34)39-25/h1-3,5-6,9-16,24-30,34-37H,4,7-8,17-18H2/t24-,25+,26+,27+,28-,29+,30+/m0/s1. The summed E-state index contributed by atoms with van der Waals surface area (Å²) in [5.74, 6) is -0.541. The van der Waals surface area contributed by atoms with Crippen molar-refractivity contribution >= 4 is 11.6 Å². The third kappa shape index (κ3) is 5.76. The maximum Gasteiger partial charge on any atom is 0.233 e. The summed E-state index contributed by atoms with van der Waals surface area (Å²) in [4.78, 5) is 15.0. The van der Waals surface area contributed by atoms with Gasteiger partial charge in [-0.15, -0.1) is 0 Å². The first-order chi connectivity index (χ1) is 18.9. The van der Waals surface area contributed by atoms with Gasteiger partial charge in [0.1, 0.15) is 30.2 Å². The Morgan fingerprint density at radius 3 is 2.13 bits per heavy atom. The molecule has 206 valence electrons. The van der Waals surface area contributed by atoms with E-state index in [1.54, 1.807) is 17.0 Å². The van der Waals surface area contributed by atoms with Crippen LogP contribution in [0.15, 0.2) is 78.9 Å². The van der Waals surface area contributed by atoms with Crippen LogP contribution in [0.5, 0.6) is 0 Å². The van der Waals surface area contributed by atoms with E-state index in [-0.39, 0.29) is 30.1 Å². The summed E-state index contributed by atoms with van der Waals surface area (Å²) in [5.41, 5.74) is 3.66. The molecule has 0 bridgehead atoms. The molecular weight excluding hydrogens is 501 g/mol. The molecule has 0 radical (unpaired) electrons. The third-order valence-electron chi connectivity index (χ3n) is 7.89. The number of aliphatic hydroxyl groups is 4. The first kappa shape index (κ1) is 27.4. The van der Waals surface area contributed by atoms with Crippen molar-refractivity contribution in [2.24, 2.45) is 5.92 Å². The molecule has 0 aromatic heterocycles. The lowest BCUT2D eigenvalue weighted by Gasteiger charge is -2.48. The number of benzene rings is 3. The zero-order valence-electron chi connectivity index (χ0n) is 21.5. The van der Waals surface area contributed by atoms with E-state index in [1.807, 2.05) is 42.5 Å². The number of amides is 1. The summed E-state index contributed by atoms with van der Waals surface area (Å²) < 4.78 is 19.2. The number of anilines is 1. The van der Waals surface area contributed by atoms with Crippen LogP contribution in [0.4, 0.5) is 10.1 Å². The summed E-state index contributed by atoms with van der Waals surface area (Å²) in [6.07, 6.45) is -3.11. The van der Waals surface area contributed by atoms with Crippen LogP contribution in [0.25, 0.3) is 0 Å². The fraction of sp³-hybridized carbons (Fsp3) is 0.387. The van der Waals surface area contributed by atoms with Crippen molar-refractivity contribution in [2.45, 2.75) is 62.2 Å². The molecule has 7 atom stereocenters. The van der Waals surface area contributed by atoms with E-state index in [0.29, 0.717) is 5.69 Å². The molecule has 0 spiro atoms. The number of β-lactam (4-membered cyclic amide) rings is 1. The second kappa shape index (κ2) is 11.9. The van der Waals surface area contributed by atoms with E-state index in [4.69, 9.17) is 4.74 Å². The van der Waals surface area contributed by atoms with Gasteiger partial charge in [-0.1, -0.05) is 54.6 Å². The molecule has 2 fully saturated rings. The average molecular weight is 536 g/mol. The van der Waals surface area contributed by atoms with Crippen LogP contribution in [-0.2, 0) is 22.4 Å². The van der Waals surface area contributed by atoms with Gasteiger partial charge in [0.15, 0.2) is 0 Å². The van der Waals surface area contributed by atoms with Crippen molar-refractivity contribution in [2.75, 3.05) is 11.5 Å². The van der Waals surface area contributed by atoms with Gasteiger partial charge in [-0.3, -0.25) is 4.79 Å². The molecule has 3 aromatic rings. The van der Waals surface area contributed by atoms with E-state index in [1.165, 1.54) is 17.7 Å². The zero-order valence-corrected chi connectivity index (χ0v) is 21.5. The lowest BCUT2D eigenvalue weighted by Crippen LogP contribution is -2.59. The highest BCUT2D eigenvalue weighted by Gasteiger charge is 2.48. The van der Waals surface area contributed by atoms with Gasteiger partial charge in [0.2, 0.25) is 5.91 Å².